The van der Waals surface area contributed by atoms with Crippen LogP contribution in [-0.4, -0.2) is 40.2 Å². The van der Waals surface area contributed by atoms with Crippen LogP contribution in [0.15, 0.2) is 54.7 Å². The number of piperidine rings is 1. The summed E-state index contributed by atoms with van der Waals surface area (Å²) in [5, 5.41) is 3.57. The molecule has 7 heteroatoms. The smallest absolute Gasteiger partial charge is 0.296 e. The number of carbonyl (C=O) groups excluding carboxylic acids is 3. The number of anilines is 1. The fraction of sp³-hybridized carbons (Fsp3) is 0.261. The molecule has 1 N–H and O–H groups in total. The maximum absolute atomic E-state index is 12.9. The van der Waals surface area contributed by atoms with Gasteiger partial charge in [-0.2, -0.15) is 0 Å². The van der Waals surface area contributed by atoms with Gasteiger partial charge in [0, 0.05) is 30.2 Å². The summed E-state index contributed by atoms with van der Waals surface area (Å²) in [6.07, 6.45) is 4.78. The maximum atomic E-state index is 12.9. The number of Topliss-reactive ketones (excluding diaryl/α,β-unsaturated/α-hetero) is 1. The number of benzene rings is 2. The van der Waals surface area contributed by atoms with E-state index < -0.39 is 11.7 Å². The topological polar surface area (TPSA) is 71.4 Å². The van der Waals surface area contributed by atoms with Crippen LogP contribution in [0, 0.1) is 0 Å². The number of para-hydroxylation sites is 2. The molecule has 0 aliphatic carbocycles. The van der Waals surface area contributed by atoms with Crippen molar-refractivity contribution < 1.29 is 14.4 Å². The minimum Gasteiger partial charge on any atom is -0.341 e. The van der Waals surface area contributed by atoms with Gasteiger partial charge >= 0.3 is 0 Å². The number of amides is 2. The first-order valence-corrected chi connectivity index (χ1v) is 10.4. The zero-order chi connectivity index (χ0) is 21.1. The van der Waals surface area contributed by atoms with E-state index in [9.17, 15) is 14.4 Å². The second-order valence-corrected chi connectivity index (χ2v) is 7.80. The SMILES string of the molecule is O=C(Nc1ccccc1Cl)C(=O)c1cn(CC(=O)N2CCCCC2)c2ccccc12. The molecule has 154 valence electrons. The Balaban J connectivity index is 1.59. The normalized spacial score (nSPS) is 14.0. The van der Waals surface area contributed by atoms with Crippen molar-refractivity contribution in [3.05, 3.63) is 65.3 Å². The molecule has 1 aromatic heterocycles. The summed E-state index contributed by atoms with van der Waals surface area (Å²) in [6, 6.07) is 14.0. The predicted molar refractivity (Wildman–Crippen MR) is 117 cm³/mol. The maximum Gasteiger partial charge on any atom is 0.296 e. The fourth-order valence-corrected chi connectivity index (χ4v) is 3.99. The Bertz CT molecular complexity index is 1120. The van der Waals surface area contributed by atoms with Crippen LogP contribution in [0.5, 0.6) is 0 Å². The number of hydrogen-bond donors (Lipinski definition) is 1. The molecular weight excluding hydrogens is 402 g/mol. The molecular formula is C23H22ClN3O3. The third kappa shape index (κ3) is 4.09. The molecule has 1 aliphatic heterocycles. The summed E-state index contributed by atoms with van der Waals surface area (Å²) in [7, 11) is 0. The fourth-order valence-electron chi connectivity index (χ4n) is 3.81. The average Bonchev–Trinajstić information content (AvgIpc) is 3.14. The number of nitrogens with one attached hydrogen (secondary N) is 1. The van der Waals surface area contributed by atoms with Crippen molar-refractivity contribution in [2.75, 3.05) is 18.4 Å². The van der Waals surface area contributed by atoms with Crippen molar-refractivity contribution in [1.29, 1.82) is 0 Å². The van der Waals surface area contributed by atoms with Crippen LogP contribution in [0.3, 0.4) is 0 Å². The van der Waals surface area contributed by atoms with Crippen LogP contribution >= 0.6 is 11.6 Å². The van der Waals surface area contributed by atoms with Crippen LogP contribution in [0.1, 0.15) is 29.6 Å². The third-order valence-electron chi connectivity index (χ3n) is 5.38. The van der Waals surface area contributed by atoms with Crippen LogP contribution in [0.25, 0.3) is 10.9 Å². The highest BCUT2D eigenvalue weighted by Crippen LogP contribution is 2.24. The lowest BCUT2D eigenvalue weighted by Gasteiger charge is -2.27. The van der Waals surface area contributed by atoms with Crippen LogP contribution in [0.2, 0.25) is 5.02 Å². The van der Waals surface area contributed by atoms with Crippen molar-refractivity contribution in [2.45, 2.75) is 25.8 Å². The van der Waals surface area contributed by atoms with Gasteiger partial charge in [0.2, 0.25) is 5.91 Å². The molecule has 3 aromatic rings. The lowest BCUT2D eigenvalue weighted by molar-refractivity contribution is -0.132. The summed E-state index contributed by atoms with van der Waals surface area (Å²) in [5.74, 6) is -1.42. The number of rotatable bonds is 5. The molecule has 0 atom stereocenters. The van der Waals surface area contributed by atoms with Gasteiger partial charge in [-0.1, -0.05) is 41.9 Å². The van der Waals surface area contributed by atoms with E-state index in [1.54, 1.807) is 41.1 Å². The minimum absolute atomic E-state index is 0.0231. The molecule has 0 radical (unpaired) electrons. The van der Waals surface area contributed by atoms with Crippen molar-refractivity contribution in [3.63, 3.8) is 0 Å². The van der Waals surface area contributed by atoms with Gasteiger partial charge in [-0.15, -0.1) is 0 Å². The zero-order valence-corrected chi connectivity index (χ0v) is 17.2. The van der Waals surface area contributed by atoms with E-state index in [2.05, 4.69) is 5.32 Å². The highest BCUT2D eigenvalue weighted by atomic mass is 35.5. The van der Waals surface area contributed by atoms with Crippen molar-refractivity contribution in [3.8, 4) is 0 Å². The van der Waals surface area contributed by atoms with Gasteiger partial charge in [0.25, 0.3) is 11.7 Å². The third-order valence-corrected chi connectivity index (χ3v) is 5.71. The Morgan fingerprint density at radius 1 is 0.933 bits per heavy atom. The van der Waals surface area contributed by atoms with E-state index in [1.165, 1.54) is 0 Å². The molecule has 0 unspecified atom stereocenters. The highest BCUT2D eigenvalue weighted by Gasteiger charge is 2.24. The van der Waals surface area contributed by atoms with Crippen LogP contribution in [-0.2, 0) is 16.1 Å². The molecule has 6 nitrogen and oxygen atoms in total. The van der Waals surface area contributed by atoms with E-state index in [1.807, 2.05) is 23.1 Å². The standard InChI is InChI=1S/C23H22ClN3O3/c24-18-9-3-4-10-19(18)25-23(30)22(29)17-14-27(20-11-5-2-8-16(17)20)15-21(28)26-12-6-1-7-13-26/h2-5,8-11,14H,1,6-7,12-13,15H2,(H,25,30). The number of halogens is 1. The quantitative estimate of drug-likeness (QED) is 0.495. The van der Waals surface area contributed by atoms with Gasteiger partial charge in [0.1, 0.15) is 6.54 Å². The van der Waals surface area contributed by atoms with E-state index in [-0.39, 0.29) is 18.0 Å². The molecule has 0 saturated carbocycles. The van der Waals surface area contributed by atoms with Crippen molar-refractivity contribution in [2.24, 2.45) is 0 Å². The average molecular weight is 424 g/mol. The first kappa shape index (κ1) is 20.2. The van der Waals surface area contributed by atoms with E-state index >= 15 is 0 Å². The van der Waals surface area contributed by atoms with Gasteiger partial charge in [-0.05, 0) is 37.5 Å². The van der Waals surface area contributed by atoms with Gasteiger partial charge in [-0.25, -0.2) is 0 Å². The summed E-state index contributed by atoms with van der Waals surface area (Å²) >= 11 is 6.08. The number of nitrogens with zero attached hydrogens (tertiary/aromatic N) is 2. The molecule has 2 aromatic carbocycles. The van der Waals surface area contributed by atoms with Crippen molar-refractivity contribution >= 4 is 45.8 Å². The number of aromatic nitrogens is 1. The second kappa shape index (κ2) is 8.71. The molecule has 2 amide bonds. The van der Waals surface area contributed by atoms with E-state index in [0.717, 1.165) is 37.9 Å². The van der Waals surface area contributed by atoms with E-state index in [4.69, 9.17) is 11.6 Å². The largest absolute Gasteiger partial charge is 0.341 e. The summed E-state index contributed by atoms with van der Waals surface area (Å²) in [5.41, 5.74) is 1.39. The molecule has 2 heterocycles. The van der Waals surface area contributed by atoms with Gasteiger partial charge in [0.05, 0.1) is 16.3 Å². The molecule has 0 bridgehead atoms. The Morgan fingerprint density at radius 3 is 2.40 bits per heavy atom. The Labute approximate surface area is 179 Å². The monoisotopic (exact) mass is 423 g/mol. The number of carbonyl (C=O) groups is 3. The van der Waals surface area contributed by atoms with Crippen molar-refractivity contribution in [1.82, 2.24) is 9.47 Å². The summed E-state index contributed by atoms with van der Waals surface area (Å²) in [6.45, 7) is 1.67. The number of ketones is 1. The van der Waals surface area contributed by atoms with Gasteiger partial charge in [0.15, 0.2) is 0 Å². The minimum atomic E-state index is -0.770. The van der Waals surface area contributed by atoms with Crippen LogP contribution < -0.4 is 5.32 Å². The molecule has 0 spiro atoms. The predicted octanol–water partition coefficient (Wildman–Crippen LogP) is 4.13. The zero-order valence-electron chi connectivity index (χ0n) is 16.4. The molecule has 4 rings (SSSR count). The van der Waals surface area contributed by atoms with Gasteiger partial charge < -0.3 is 14.8 Å². The lowest BCUT2D eigenvalue weighted by atomic mass is 10.1. The Morgan fingerprint density at radius 2 is 1.63 bits per heavy atom. The number of fused-ring (bicyclic) bond motifs is 1. The number of likely N-dealkylation sites (tertiary alicyclic amines) is 1. The first-order chi connectivity index (χ1) is 14.5. The number of hydrogen-bond acceptors (Lipinski definition) is 3. The second-order valence-electron chi connectivity index (χ2n) is 7.39. The Hall–Kier alpha value is -3.12. The van der Waals surface area contributed by atoms with Gasteiger partial charge in [-0.3, -0.25) is 14.4 Å². The summed E-state index contributed by atoms with van der Waals surface area (Å²) < 4.78 is 1.75. The molecule has 1 aliphatic rings. The first-order valence-electron chi connectivity index (χ1n) is 10.0. The molecule has 1 fully saturated rings. The highest BCUT2D eigenvalue weighted by molar-refractivity contribution is 6.49. The van der Waals surface area contributed by atoms with Crippen LogP contribution in [0.4, 0.5) is 5.69 Å². The summed E-state index contributed by atoms with van der Waals surface area (Å²) in [4.78, 5) is 40.1. The van der Waals surface area contributed by atoms with E-state index in [0.29, 0.717) is 16.1 Å². The Kier molecular flexibility index (Phi) is 5.86. The molecule has 1 saturated heterocycles. The molecule has 30 heavy (non-hydrogen) atoms. The lowest BCUT2D eigenvalue weighted by Crippen LogP contribution is -2.37.